The quantitative estimate of drug-likeness (QED) is 0.485. The minimum absolute atomic E-state index is 1.04. The molecule has 0 aromatic carbocycles. The molecule has 0 N–H and O–H groups in total. The van der Waals surface area contributed by atoms with Crippen LogP contribution < -0.4 is 0 Å². The average Bonchev–Trinajstić information content (AvgIpc) is 2.18. The smallest absolute Gasteiger partial charge is 0.0166 e. The number of rotatable bonds is 0. The summed E-state index contributed by atoms with van der Waals surface area (Å²) in [4.78, 5) is 0. The Morgan fingerprint density at radius 3 is 1.92 bits per heavy atom. The molecule has 0 amide bonds. The molecule has 0 aromatic rings. The van der Waals surface area contributed by atoms with Crippen molar-refractivity contribution < 1.29 is 0 Å². The van der Waals surface area contributed by atoms with Gasteiger partial charge in [0.25, 0.3) is 0 Å². The summed E-state index contributed by atoms with van der Waals surface area (Å²) in [6, 6.07) is 0. The lowest BCUT2D eigenvalue weighted by Gasteiger charge is -1.84. The molecule has 0 aliphatic heterocycles. The van der Waals surface area contributed by atoms with Gasteiger partial charge in [-0.1, -0.05) is 60.8 Å². The van der Waals surface area contributed by atoms with E-state index in [1.54, 1.807) is 0 Å². The normalized spacial score (nSPS) is 30.2. The van der Waals surface area contributed by atoms with Crippen LogP contribution in [-0.2, 0) is 0 Å². The number of hydrogen-bond acceptors (Lipinski definition) is 0. The van der Waals surface area contributed by atoms with Gasteiger partial charge in [0.2, 0.25) is 0 Å². The molecule has 1 aliphatic carbocycles. The van der Waals surface area contributed by atoms with E-state index in [0.29, 0.717) is 0 Å². The van der Waals surface area contributed by atoms with Gasteiger partial charge in [-0.25, -0.2) is 0 Å². The third kappa shape index (κ3) is 5.92. The van der Waals surface area contributed by atoms with E-state index in [0.717, 1.165) is 19.3 Å². The Morgan fingerprint density at radius 2 is 1.08 bits per heavy atom. The lowest BCUT2D eigenvalue weighted by atomic mass is 10.2. The van der Waals surface area contributed by atoms with Crippen LogP contribution in [0.25, 0.3) is 0 Å². The molecule has 0 unspecified atom stereocenters. The molecule has 0 fully saturated rings. The molecule has 0 saturated heterocycles. The van der Waals surface area contributed by atoms with Crippen LogP contribution in [0.2, 0.25) is 0 Å². The summed E-state index contributed by atoms with van der Waals surface area (Å²) in [6.45, 7) is 0. The van der Waals surface area contributed by atoms with Crippen molar-refractivity contribution in [1.29, 1.82) is 0 Å². The predicted octanol–water partition coefficient (Wildman–Crippen LogP) is 3.95. The topological polar surface area (TPSA) is 0 Å². The van der Waals surface area contributed by atoms with Gasteiger partial charge >= 0.3 is 0 Å². The van der Waals surface area contributed by atoms with E-state index >= 15 is 0 Å². The molecule has 0 saturated carbocycles. The lowest BCUT2D eigenvalue weighted by molar-refractivity contribution is 1.04. The van der Waals surface area contributed by atoms with Crippen molar-refractivity contribution in [1.82, 2.24) is 0 Å². The lowest BCUT2D eigenvalue weighted by Crippen LogP contribution is -1.64. The monoisotopic (exact) mass is 172 g/mol. The summed E-state index contributed by atoms with van der Waals surface area (Å²) in [5, 5.41) is 0. The highest BCUT2D eigenvalue weighted by atomic mass is 13.8. The molecule has 1 aliphatic rings. The average molecular weight is 172 g/mol. The molecular formula is C13H16. The Kier molecular flexibility index (Phi) is 5.54. The van der Waals surface area contributed by atoms with Crippen molar-refractivity contribution in [2.75, 3.05) is 0 Å². The zero-order chi connectivity index (χ0) is 9.19. The minimum Gasteiger partial charge on any atom is -0.0879 e. The second kappa shape index (κ2) is 7.35. The third-order valence-corrected chi connectivity index (χ3v) is 1.77. The Bertz CT molecular complexity index is 249. The zero-order valence-electron chi connectivity index (χ0n) is 7.89. The van der Waals surface area contributed by atoms with Crippen LogP contribution in [0, 0.1) is 0 Å². The molecule has 1 rings (SSSR count). The molecule has 0 bridgehead atoms. The van der Waals surface area contributed by atoms with E-state index in [-0.39, 0.29) is 0 Å². The Morgan fingerprint density at radius 1 is 0.462 bits per heavy atom. The Hall–Kier alpha value is -1.30. The molecule has 0 heterocycles. The summed E-state index contributed by atoms with van der Waals surface area (Å²) in [7, 11) is 0. The van der Waals surface area contributed by atoms with E-state index < -0.39 is 0 Å². The second-order valence-electron chi connectivity index (χ2n) is 2.91. The SMILES string of the molecule is C1=C\C=C\CC/C=C/C/C=C/C=C/1. The van der Waals surface area contributed by atoms with Gasteiger partial charge in [0, 0.05) is 0 Å². The van der Waals surface area contributed by atoms with E-state index in [1.807, 2.05) is 12.2 Å². The van der Waals surface area contributed by atoms with E-state index in [1.165, 1.54) is 0 Å². The Labute approximate surface area is 80.7 Å². The fourth-order valence-electron chi connectivity index (χ4n) is 1.07. The first kappa shape index (κ1) is 9.79. The summed E-state index contributed by atoms with van der Waals surface area (Å²) in [6.07, 6.45) is 24.5. The molecule has 0 atom stereocenters. The zero-order valence-corrected chi connectivity index (χ0v) is 7.89. The highest BCUT2D eigenvalue weighted by Crippen LogP contribution is 1.96. The van der Waals surface area contributed by atoms with Gasteiger partial charge < -0.3 is 0 Å². The first-order chi connectivity index (χ1) is 6.50. The summed E-state index contributed by atoms with van der Waals surface area (Å²) in [5.74, 6) is 0. The van der Waals surface area contributed by atoms with Crippen molar-refractivity contribution >= 4 is 0 Å². The van der Waals surface area contributed by atoms with Gasteiger partial charge in [0.05, 0.1) is 0 Å². The number of allylic oxidation sites excluding steroid dienone is 10. The molecule has 0 radical (unpaired) electrons. The maximum absolute atomic E-state index is 2.24. The number of hydrogen-bond donors (Lipinski definition) is 0. The van der Waals surface area contributed by atoms with Crippen LogP contribution in [0.3, 0.4) is 0 Å². The largest absolute Gasteiger partial charge is 0.0879 e. The summed E-state index contributed by atoms with van der Waals surface area (Å²) >= 11 is 0. The maximum Gasteiger partial charge on any atom is -0.0166 e. The second-order valence-corrected chi connectivity index (χ2v) is 2.91. The predicted molar refractivity (Wildman–Crippen MR) is 59.6 cm³/mol. The summed E-state index contributed by atoms with van der Waals surface area (Å²) < 4.78 is 0. The van der Waals surface area contributed by atoms with Crippen LogP contribution in [0.4, 0.5) is 0 Å². The van der Waals surface area contributed by atoms with E-state index in [9.17, 15) is 0 Å². The molecule has 0 nitrogen and oxygen atoms in total. The maximum atomic E-state index is 2.24. The van der Waals surface area contributed by atoms with Crippen molar-refractivity contribution in [3.63, 3.8) is 0 Å². The molecule has 13 heavy (non-hydrogen) atoms. The van der Waals surface area contributed by atoms with Crippen molar-refractivity contribution in [3.05, 3.63) is 60.8 Å². The highest BCUT2D eigenvalue weighted by Gasteiger charge is 1.76. The van der Waals surface area contributed by atoms with Crippen molar-refractivity contribution in [2.45, 2.75) is 19.3 Å². The fourth-order valence-corrected chi connectivity index (χ4v) is 1.07. The molecule has 0 spiro atoms. The van der Waals surface area contributed by atoms with Crippen LogP contribution in [0.5, 0.6) is 0 Å². The standard InChI is InChI=1S/C13H16/c1-2-4-6-8-10-12-13-11-9-7-5-3-1/h1-8,11,13H,9-10,12H2/b3-1+,4-2-,7-5+,8-6+,13-11+. The summed E-state index contributed by atoms with van der Waals surface area (Å²) in [5.41, 5.74) is 0. The molecule has 68 valence electrons. The fraction of sp³-hybridized carbons (Fsp3) is 0.231. The third-order valence-electron chi connectivity index (χ3n) is 1.77. The van der Waals surface area contributed by atoms with Gasteiger partial charge in [0.15, 0.2) is 0 Å². The van der Waals surface area contributed by atoms with Gasteiger partial charge in [0.1, 0.15) is 0 Å². The first-order valence-electron chi connectivity index (χ1n) is 4.80. The van der Waals surface area contributed by atoms with Gasteiger partial charge in [-0.2, -0.15) is 0 Å². The van der Waals surface area contributed by atoms with Crippen LogP contribution in [0.15, 0.2) is 60.8 Å². The minimum atomic E-state index is 1.04. The van der Waals surface area contributed by atoms with Crippen molar-refractivity contribution in [2.24, 2.45) is 0 Å². The van der Waals surface area contributed by atoms with E-state index in [2.05, 4.69) is 48.6 Å². The highest BCUT2D eigenvalue weighted by molar-refractivity contribution is 5.16. The Balaban J connectivity index is 2.50. The molecular weight excluding hydrogens is 156 g/mol. The first-order valence-corrected chi connectivity index (χ1v) is 4.80. The van der Waals surface area contributed by atoms with Crippen molar-refractivity contribution in [3.8, 4) is 0 Å². The van der Waals surface area contributed by atoms with Gasteiger partial charge in [-0.3, -0.25) is 0 Å². The van der Waals surface area contributed by atoms with E-state index in [4.69, 9.17) is 0 Å². The van der Waals surface area contributed by atoms with Gasteiger partial charge in [-0.15, -0.1) is 0 Å². The van der Waals surface area contributed by atoms with Gasteiger partial charge in [-0.05, 0) is 19.3 Å². The van der Waals surface area contributed by atoms with Crippen LogP contribution in [-0.4, -0.2) is 0 Å². The molecule has 0 aromatic heterocycles. The van der Waals surface area contributed by atoms with Crippen LogP contribution in [0.1, 0.15) is 19.3 Å². The molecule has 0 heteroatoms. The van der Waals surface area contributed by atoms with Crippen LogP contribution >= 0.6 is 0 Å².